The highest BCUT2D eigenvalue weighted by Gasteiger charge is 2.32. The lowest BCUT2D eigenvalue weighted by atomic mass is 10.0. The molecule has 0 spiro atoms. The van der Waals surface area contributed by atoms with Gasteiger partial charge < -0.3 is 5.32 Å². The minimum atomic E-state index is 0.678. The molecule has 0 aromatic heterocycles. The molecular weight excluding hydrogens is 279 g/mol. The number of nitrogens with one attached hydrogen (secondary N) is 1. The van der Waals surface area contributed by atoms with Gasteiger partial charge in [-0.3, -0.25) is 4.90 Å². The van der Waals surface area contributed by atoms with Crippen molar-refractivity contribution in [1.82, 2.24) is 10.2 Å². The first-order chi connectivity index (χ1) is 9.22. The van der Waals surface area contributed by atoms with Crippen molar-refractivity contribution in [2.24, 2.45) is 0 Å². The molecule has 0 radical (unpaired) electrons. The Morgan fingerprint density at radius 3 is 2.58 bits per heavy atom. The Balaban J connectivity index is 1.70. The molecule has 104 valence electrons. The van der Waals surface area contributed by atoms with Crippen molar-refractivity contribution >= 4 is 23.2 Å². The Hall–Kier alpha value is -0.280. The van der Waals surface area contributed by atoms with Crippen LogP contribution in [-0.2, 0) is 6.54 Å². The standard InChI is InChI=1S/C15H20Cl2N2/c16-12-7-11(8-13(17)9-12)10-19-6-2-4-15(19)14-3-1-5-18-14/h7-9,14-15,18H,1-6,10H2. The number of rotatable bonds is 3. The SMILES string of the molecule is Clc1cc(Cl)cc(CN2CCCC2C2CCCN2)c1. The number of halogens is 2. The van der Waals surface area contributed by atoms with Crippen LogP contribution in [0.5, 0.6) is 0 Å². The average Bonchev–Trinajstić information content (AvgIpc) is 2.96. The van der Waals surface area contributed by atoms with E-state index >= 15 is 0 Å². The first-order valence-electron chi connectivity index (χ1n) is 7.15. The molecule has 2 aliphatic rings. The highest BCUT2D eigenvalue weighted by Crippen LogP contribution is 2.28. The predicted molar refractivity (Wildman–Crippen MR) is 80.9 cm³/mol. The second kappa shape index (κ2) is 6.01. The fourth-order valence-electron chi connectivity index (χ4n) is 3.48. The molecule has 2 atom stereocenters. The highest BCUT2D eigenvalue weighted by molar-refractivity contribution is 6.34. The van der Waals surface area contributed by atoms with Crippen LogP contribution in [0.1, 0.15) is 31.2 Å². The Kier molecular flexibility index (Phi) is 4.33. The van der Waals surface area contributed by atoms with Gasteiger partial charge in [-0.1, -0.05) is 23.2 Å². The lowest BCUT2D eigenvalue weighted by Gasteiger charge is -2.29. The molecule has 4 heteroatoms. The van der Waals surface area contributed by atoms with Crippen LogP contribution >= 0.6 is 23.2 Å². The van der Waals surface area contributed by atoms with Crippen molar-refractivity contribution in [1.29, 1.82) is 0 Å². The van der Waals surface area contributed by atoms with Crippen LogP contribution in [0.25, 0.3) is 0 Å². The quantitative estimate of drug-likeness (QED) is 0.915. The number of hydrogen-bond acceptors (Lipinski definition) is 2. The zero-order valence-electron chi connectivity index (χ0n) is 11.0. The second-order valence-corrected chi connectivity index (χ2v) is 6.53. The van der Waals surface area contributed by atoms with E-state index in [2.05, 4.69) is 10.2 Å². The first kappa shape index (κ1) is 13.7. The van der Waals surface area contributed by atoms with E-state index in [0.29, 0.717) is 12.1 Å². The van der Waals surface area contributed by atoms with E-state index in [1.165, 1.54) is 44.3 Å². The number of hydrogen-bond donors (Lipinski definition) is 1. The van der Waals surface area contributed by atoms with Crippen molar-refractivity contribution in [2.45, 2.75) is 44.3 Å². The van der Waals surface area contributed by atoms with Crippen LogP contribution in [-0.4, -0.2) is 30.1 Å². The smallest absolute Gasteiger partial charge is 0.0424 e. The molecule has 2 fully saturated rings. The zero-order chi connectivity index (χ0) is 13.2. The van der Waals surface area contributed by atoms with Crippen LogP contribution in [0, 0.1) is 0 Å². The van der Waals surface area contributed by atoms with Gasteiger partial charge in [-0.25, -0.2) is 0 Å². The fraction of sp³-hybridized carbons (Fsp3) is 0.600. The van der Waals surface area contributed by atoms with Crippen molar-refractivity contribution in [3.05, 3.63) is 33.8 Å². The minimum Gasteiger partial charge on any atom is -0.312 e. The summed E-state index contributed by atoms with van der Waals surface area (Å²) in [6.45, 7) is 3.33. The molecule has 1 aromatic rings. The number of likely N-dealkylation sites (tertiary alicyclic amines) is 1. The third kappa shape index (κ3) is 3.25. The molecule has 2 unspecified atom stereocenters. The van der Waals surface area contributed by atoms with Gasteiger partial charge in [-0.2, -0.15) is 0 Å². The Morgan fingerprint density at radius 1 is 1.11 bits per heavy atom. The maximum atomic E-state index is 6.08. The topological polar surface area (TPSA) is 15.3 Å². The average molecular weight is 299 g/mol. The van der Waals surface area contributed by atoms with E-state index < -0.39 is 0 Å². The van der Waals surface area contributed by atoms with Gasteiger partial charge in [0.05, 0.1) is 0 Å². The summed E-state index contributed by atoms with van der Waals surface area (Å²) in [5, 5.41) is 5.11. The zero-order valence-corrected chi connectivity index (χ0v) is 12.6. The maximum Gasteiger partial charge on any atom is 0.0424 e. The minimum absolute atomic E-state index is 0.678. The molecule has 0 amide bonds. The van der Waals surface area contributed by atoms with Gasteiger partial charge >= 0.3 is 0 Å². The lowest BCUT2D eigenvalue weighted by Crippen LogP contribution is -2.43. The molecule has 1 aromatic carbocycles. The molecular formula is C15H20Cl2N2. The summed E-state index contributed by atoms with van der Waals surface area (Å²) in [7, 11) is 0. The predicted octanol–water partition coefficient (Wildman–Crippen LogP) is 3.71. The van der Waals surface area contributed by atoms with Crippen molar-refractivity contribution in [3.63, 3.8) is 0 Å². The largest absolute Gasteiger partial charge is 0.312 e. The van der Waals surface area contributed by atoms with E-state index in [1.54, 1.807) is 6.07 Å². The first-order valence-corrected chi connectivity index (χ1v) is 7.90. The fourth-order valence-corrected chi connectivity index (χ4v) is 4.05. The normalized spacial score (nSPS) is 28.1. The van der Waals surface area contributed by atoms with Crippen molar-refractivity contribution in [3.8, 4) is 0 Å². The van der Waals surface area contributed by atoms with Gasteiger partial charge in [0.1, 0.15) is 0 Å². The van der Waals surface area contributed by atoms with Gasteiger partial charge in [-0.15, -0.1) is 0 Å². The van der Waals surface area contributed by atoms with E-state index in [0.717, 1.165) is 16.6 Å². The van der Waals surface area contributed by atoms with Gasteiger partial charge in [0, 0.05) is 28.7 Å². The third-order valence-electron chi connectivity index (χ3n) is 4.29. The Labute approximate surface area is 125 Å². The summed E-state index contributed by atoms with van der Waals surface area (Å²) in [5.41, 5.74) is 1.22. The maximum absolute atomic E-state index is 6.08. The van der Waals surface area contributed by atoms with Gasteiger partial charge in [0.2, 0.25) is 0 Å². The van der Waals surface area contributed by atoms with Gasteiger partial charge in [-0.05, 0) is 62.5 Å². The van der Waals surface area contributed by atoms with Crippen LogP contribution in [0.4, 0.5) is 0 Å². The molecule has 3 rings (SSSR count). The molecule has 2 nitrogen and oxygen atoms in total. The van der Waals surface area contributed by atoms with E-state index in [4.69, 9.17) is 23.2 Å². The van der Waals surface area contributed by atoms with Crippen LogP contribution in [0.2, 0.25) is 10.0 Å². The van der Waals surface area contributed by atoms with Gasteiger partial charge in [0.25, 0.3) is 0 Å². The molecule has 1 N–H and O–H groups in total. The molecule has 2 aliphatic heterocycles. The summed E-state index contributed by atoms with van der Waals surface area (Å²) in [4.78, 5) is 2.59. The number of benzene rings is 1. The van der Waals surface area contributed by atoms with E-state index in [-0.39, 0.29) is 0 Å². The van der Waals surface area contributed by atoms with Crippen LogP contribution in [0.3, 0.4) is 0 Å². The molecule has 2 saturated heterocycles. The molecule has 0 bridgehead atoms. The summed E-state index contributed by atoms with van der Waals surface area (Å²) in [6, 6.07) is 7.22. The molecule has 19 heavy (non-hydrogen) atoms. The Morgan fingerprint density at radius 2 is 1.89 bits per heavy atom. The summed E-state index contributed by atoms with van der Waals surface area (Å²) in [5.74, 6) is 0. The van der Waals surface area contributed by atoms with Gasteiger partial charge in [0.15, 0.2) is 0 Å². The van der Waals surface area contributed by atoms with Crippen LogP contribution in [0.15, 0.2) is 18.2 Å². The summed E-state index contributed by atoms with van der Waals surface area (Å²) in [6.07, 6.45) is 5.25. The molecule has 0 aliphatic carbocycles. The van der Waals surface area contributed by atoms with E-state index in [9.17, 15) is 0 Å². The monoisotopic (exact) mass is 298 g/mol. The Bertz CT molecular complexity index is 424. The van der Waals surface area contributed by atoms with Crippen LogP contribution < -0.4 is 5.32 Å². The molecule has 2 heterocycles. The summed E-state index contributed by atoms with van der Waals surface area (Å²) < 4.78 is 0. The molecule has 0 saturated carbocycles. The van der Waals surface area contributed by atoms with E-state index in [1.807, 2.05) is 12.1 Å². The number of nitrogens with zero attached hydrogens (tertiary/aromatic N) is 1. The highest BCUT2D eigenvalue weighted by atomic mass is 35.5. The van der Waals surface area contributed by atoms with Crippen molar-refractivity contribution in [2.75, 3.05) is 13.1 Å². The second-order valence-electron chi connectivity index (χ2n) is 5.66. The van der Waals surface area contributed by atoms with Crippen molar-refractivity contribution < 1.29 is 0 Å². The lowest BCUT2D eigenvalue weighted by molar-refractivity contribution is 0.206. The third-order valence-corrected chi connectivity index (χ3v) is 4.72. The summed E-state index contributed by atoms with van der Waals surface area (Å²) >= 11 is 12.2.